The molecule has 2 aromatic carbocycles. The molecule has 0 aromatic heterocycles. The number of amides is 1. The number of para-hydroxylation sites is 1. The number of methoxy groups -OCH3 is 2. The first kappa shape index (κ1) is 19.2. The predicted octanol–water partition coefficient (Wildman–Crippen LogP) is 4.10. The van der Waals surface area contributed by atoms with Gasteiger partial charge in [-0.1, -0.05) is 24.3 Å². The van der Waals surface area contributed by atoms with Crippen LogP contribution in [0, 0.1) is 13.8 Å². The molecule has 0 unspecified atom stereocenters. The molecule has 1 aliphatic heterocycles. The number of likely N-dealkylation sites (tertiary alicyclic amines) is 1. The van der Waals surface area contributed by atoms with Crippen molar-refractivity contribution in [1.29, 1.82) is 0 Å². The molecule has 27 heavy (non-hydrogen) atoms. The largest absolute Gasteiger partial charge is 0.497 e. The first-order valence-electron chi connectivity index (χ1n) is 9.35. The summed E-state index contributed by atoms with van der Waals surface area (Å²) in [6.45, 7) is 5.31. The standard InChI is InChI=1S/C22H28N2O3/c1-15-7-5-8-16(2)22(15)23-21(25)14-24-12-6-9-19(24)18-11-10-17(26-3)13-20(18)27-4/h5,7-8,10-11,13,19H,6,9,12,14H2,1-4H3,(H,23,25)/t19-/m1/s1. The third kappa shape index (κ3) is 4.25. The smallest absolute Gasteiger partial charge is 0.238 e. The lowest BCUT2D eigenvalue weighted by Crippen LogP contribution is -2.33. The van der Waals surface area contributed by atoms with E-state index in [2.05, 4.69) is 10.2 Å². The van der Waals surface area contributed by atoms with E-state index in [1.54, 1.807) is 14.2 Å². The van der Waals surface area contributed by atoms with Crippen molar-refractivity contribution in [3.8, 4) is 11.5 Å². The highest BCUT2D eigenvalue weighted by Crippen LogP contribution is 2.38. The fourth-order valence-corrected chi connectivity index (χ4v) is 3.84. The van der Waals surface area contributed by atoms with Gasteiger partial charge in [-0.3, -0.25) is 9.69 Å². The number of carbonyl (C=O) groups excluding carboxylic acids is 1. The van der Waals surface area contributed by atoms with Crippen LogP contribution in [0.5, 0.6) is 11.5 Å². The lowest BCUT2D eigenvalue weighted by atomic mass is 10.0. The highest BCUT2D eigenvalue weighted by atomic mass is 16.5. The second-order valence-corrected chi connectivity index (χ2v) is 7.05. The van der Waals surface area contributed by atoms with Crippen LogP contribution >= 0.6 is 0 Å². The van der Waals surface area contributed by atoms with Crippen LogP contribution in [0.2, 0.25) is 0 Å². The van der Waals surface area contributed by atoms with Gasteiger partial charge in [0.15, 0.2) is 0 Å². The Labute approximate surface area is 161 Å². The van der Waals surface area contributed by atoms with Gasteiger partial charge in [0.2, 0.25) is 5.91 Å². The maximum absolute atomic E-state index is 12.7. The van der Waals surface area contributed by atoms with Crippen molar-refractivity contribution in [3.63, 3.8) is 0 Å². The highest BCUT2D eigenvalue weighted by molar-refractivity contribution is 5.93. The topological polar surface area (TPSA) is 50.8 Å². The number of hydrogen-bond donors (Lipinski definition) is 1. The van der Waals surface area contributed by atoms with Gasteiger partial charge in [0, 0.05) is 23.4 Å². The van der Waals surface area contributed by atoms with Crippen molar-refractivity contribution in [2.75, 3.05) is 32.6 Å². The monoisotopic (exact) mass is 368 g/mol. The molecular weight excluding hydrogens is 340 g/mol. The number of anilines is 1. The molecule has 1 amide bonds. The summed E-state index contributed by atoms with van der Waals surface area (Å²) in [7, 11) is 3.32. The number of hydrogen-bond acceptors (Lipinski definition) is 4. The maximum atomic E-state index is 12.7. The van der Waals surface area contributed by atoms with Crippen LogP contribution in [0.3, 0.4) is 0 Å². The Hall–Kier alpha value is -2.53. The molecule has 5 nitrogen and oxygen atoms in total. The third-order valence-electron chi connectivity index (χ3n) is 5.26. The van der Waals surface area contributed by atoms with Gasteiger partial charge in [-0.15, -0.1) is 0 Å². The van der Waals surface area contributed by atoms with Gasteiger partial charge in [-0.25, -0.2) is 0 Å². The summed E-state index contributed by atoms with van der Waals surface area (Å²) in [6, 6.07) is 12.1. The molecule has 0 spiro atoms. The summed E-state index contributed by atoms with van der Waals surface area (Å²) in [5.74, 6) is 1.60. The van der Waals surface area contributed by atoms with Crippen LogP contribution in [-0.2, 0) is 4.79 Å². The van der Waals surface area contributed by atoms with E-state index in [1.165, 1.54) is 0 Å². The summed E-state index contributed by atoms with van der Waals surface area (Å²) in [5, 5.41) is 3.09. The van der Waals surface area contributed by atoms with Crippen molar-refractivity contribution in [2.45, 2.75) is 32.7 Å². The number of aryl methyl sites for hydroxylation is 2. The molecule has 1 atom stereocenters. The third-order valence-corrected chi connectivity index (χ3v) is 5.26. The molecule has 1 aliphatic rings. The van der Waals surface area contributed by atoms with Crippen LogP contribution in [0.4, 0.5) is 5.69 Å². The van der Waals surface area contributed by atoms with Crippen molar-refractivity contribution in [2.24, 2.45) is 0 Å². The number of ether oxygens (including phenoxy) is 2. The lowest BCUT2D eigenvalue weighted by Gasteiger charge is -2.26. The van der Waals surface area contributed by atoms with Crippen LogP contribution in [-0.4, -0.2) is 38.1 Å². The predicted molar refractivity (Wildman–Crippen MR) is 108 cm³/mol. The van der Waals surface area contributed by atoms with Crippen molar-refractivity contribution >= 4 is 11.6 Å². The zero-order valence-corrected chi connectivity index (χ0v) is 16.5. The molecule has 1 N–H and O–H groups in total. The minimum Gasteiger partial charge on any atom is -0.497 e. The van der Waals surface area contributed by atoms with E-state index in [4.69, 9.17) is 9.47 Å². The van der Waals surface area contributed by atoms with Crippen molar-refractivity contribution < 1.29 is 14.3 Å². The molecule has 0 saturated carbocycles. The van der Waals surface area contributed by atoms with Gasteiger partial charge in [-0.05, 0) is 50.4 Å². The van der Waals surface area contributed by atoms with E-state index in [0.717, 1.165) is 53.3 Å². The lowest BCUT2D eigenvalue weighted by molar-refractivity contribution is -0.117. The van der Waals surface area contributed by atoms with Crippen molar-refractivity contribution in [3.05, 3.63) is 53.1 Å². The molecule has 144 valence electrons. The quantitative estimate of drug-likeness (QED) is 0.834. The van der Waals surface area contributed by atoms with Crippen LogP contribution in [0.1, 0.15) is 35.6 Å². The first-order valence-corrected chi connectivity index (χ1v) is 9.35. The molecule has 1 fully saturated rings. The summed E-state index contributed by atoms with van der Waals surface area (Å²) in [4.78, 5) is 14.9. The minimum atomic E-state index is 0.0202. The van der Waals surface area contributed by atoms with Gasteiger partial charge in [-0.2, -0.15) is 0 Å². The van der Waals surface area contributed by atoms with E-state index in [9.17, 15) is 4.79 Å². The Morgan fingerprint density at radius 3 is 2.56 bits per heavy atom. The summed E-state index contributed by atoms with van der Waals surface area (Å²) in [6.07, 6.45) is 2.08. The number of nitrogens with zero attached hydrogens (tertiary/aromatic N) is 1. The SMILES string of the molecule is COc1ccc([C@H]2CCCN2CC(=O)Nc2c(C)cccc2C)c(OC)c1. The average Bonchev–Trinajstić information content (AvgIpc) is 3.12. The molecule has 0 radical (unpaired) electrons. The van der Waals surface area contributed by atoms with E-state index < -0.39 is 0 Å². The van der Waals surface area contributed by atoms with Crippen LogP contribution in [0.25, 0.3) is 0 Å². The fourth-order valence-electron chi connectivity index (χ4n) is 3.84. The maximum Gasteiger partial charge on any atom is 0.238 e. The second-order valence-electron chi connectivity index (χ2n) is 7.05. The van der Waals surface area contributed by atoms with E-state index >= 15 is 0 Å². The van der Waals surface area contributed by atoms with Crippen LogP contribution < -0.4 is 14.8 Å². The van der Waals surface area contributed by atoms with Crippen molar-refractivity contribution in [1.82, 2.24) is 4.90 Å². The van der Waals surface area contributed by atoms with Gasteiger partial charge in [0.1, 0.15) is 11.5 Å². The van der Waals surface area contributed by atoms with E-state index in [1.807, 2.05) is 50.2 Å². The molecule has 5 heteroatoms. The zero-order chi connectivity index (χ0) is 19.4. The Morgan fingerprint density at radius 2 is 1.89 bits per heavy atom. The number of nitrogens with one attached hydrogen (secondary N) is 1. The zero-order valence-electron chi connectivity index (χ0n) is 16.5. The molecule has 1 saturated heterocycles. The molecule has 0 bridgehead atoms. The number of rotatable bonds is 6. The molecule has 3 rings (SSSR count). The Balaban J connectivity index is 1.74. The van der Waals surface area contributed by atoms with E-state index in [-0.39, 0.29) is 11.9 Å². The Kier molecular flexibility index (Phi) is 6.01. The minimum absolute atomic E-state index is 0.0202. The summed E-state index contributed by atoms with van der Waals surface area (Å²) in [5.41, 5.74) is 4.19. The summed E-state index contributed by atoms with van der Waals surface area (Å²) < 4.78 is 10.9. The molecule has 2 aromatic rings. The fraction of sp³-hybridized carbons (Fsp3) is 0.409. The Bertz CT molecular complexity index is 799. The highest BCUT2D eigenvalue weighted by Gasteiger charge is 2.30. The summed E-state index contributed by atoms with van der Waals surface area (Å²) >= 11 is 0. The average molecular weight is 368 g/mol. The normalized spacial score (nSPS) is 17.0. The first-order chi connectivity index (χ1) is 13.0. The van der Waals surface area contributed by atoms with Crippen LogP contribution in [0.15, 0.2) is 36.4 Å². The van der Waals surface area contributed by atoms with Gasteiger partial charge >= 0.3 is 0 Å². The Morgan fingerprint density at radius 1 is 1.15 bits per heavy atom. The van der Waals surface area contributed by atoms with Gasteiger partial charge in [0.25, 0.3) is 0 Å². The molecular formula is C22H28N2O3. The molecule has 0 aliphatic carbocycles. The van der Waals surface area contributed by atoms with Gasteiger partial charge in [0.05, 0.1) is 20.8 Å². The molecule has 1 heterocycles. The number of carbonyl (C=O) groups is 1. The number of benzene rings is 2. The van der Waals surface area contributed by atoms with Gasteiger partial charge < -0.3 is 14.8 Å². The second kappa shape index (κ2) is 8.44. The van der Waals surface area contributed by atoms with E-state index in [0.29, 0.717) is 6.54 Å².